The molecule has 0 aliphatic rings. The van der Waals surface area contributed by atoms with E-state index in [2.05, 4.69) is 27.6 Å². The molecule has 1 N–H and O–H groups in total. The zero-order chi connectivity index (χ0) is 22.1. The summed E-state index contributed by atoms with van der Waals surface area (Å²) in [6, 6.07) is 32.6. The minimum atomic E-state index is -3.71. The number of rotatable bonds is 5. The van der Waals surface area contributed by atoms with Crippen molar-refractivity contribution in [2.45, 2.75) is 4.90 Å². The number of sulfonamides is 1. The highest BCUT2D eigenvalue weighted by Gasteiger charge is 2.16. The molecule has 0 amide bonds. The first-order valence-corrected chi connectivity index (χ1v) is 11.8. The molecule has 4 nitrogen and oxygen atoms in total. The highest BCUT2D eigenvalue weighted by molar-refractivity contribution is 7.92. The lowest BCUT2D eigenvalue weighted by Gasteiger charge is -2.10. The van der Waals surface area contributed by atoms with E-state index in [1.165, 1.54) is 0 Å². The van der Waals surface area contributed by atoms with Gasteiger partial charge in [0.1, 0.15) is 0 Å². The quantitative estimate of drug-likeness (QED) is 0.349. The number of anilines is 1. The van der Waals surface area contributed by atoms with Gasteiger partial charge in [-0.2, -0.15) is 0 Å². The number of nitrogens with one attached hydrogen (secondary N) is 1. The maximum atomic E-state index is 13.0. The summed E-state index contributed by atoms with van der Waals surface area (Å²) in [5.41, 5.74) is 5.76. The Morgan fingerprint density at radius 2 is 1.28 bits per heavy atom. The standard InChI is InChI=1S/C27H22N2O2S/c1-29-19-26(22-10-6-3-7-11-22)25-18-23(14-17-27(25)29)28-32(30,31)24-15-12-21(13-16-24)20-8-4-2-5-9-20/h2-19,28H,1H3. The molecular weight excluding hydrogens is 416 g/mol. The lowest BCUT2D eigenvalue weighted by molar-refractivity contribution is 0.601. The second-order valence-electron chi connectivity index (χ2n) is 7.75. The van der Waals surface area contributed by atoms with Gasteiger partial charge < -0.3 is 4.57 Å². The maximum absolute atomic E-state index is 13.0. The molecule has 0 spiro atoms. The van der Waals surface area contributed by atoms with E-state index in [4.69, 9.17) is 0 Å². The van der Waals surface area contributed by atoms with Gasteiger partial charge in [-0.1, -0.05) is 72.8 Å². The van der Waals surface area contributed by atoms with Crippen LogP contribution in [0.25, 0.3) is 33.2 Å². The number of benzene rings is 4. The average molecular weight is 439 g/mol. The molecule has 0 fully saturated rings. The van der Waals surface area contributed by atoms with Gasteiger partial charge in [0.05, 0.1) is 4.90 Å². The molecule has 0 aliphatic carbocycles. The molecule has 5 rings (SSSR count). The average Bonchev–Trinajstić information content (AvgIpc) is 3.16. The van der Waals surface area contributed by atoms with Crippen molar-refractivity contribution in [1.82, 2.24) is 4.57 Å². The van der Waals surface area contributed by atoms with Crippen LogP contribution in [0.1, 0.15) is 0 Å². The Labute approximate surface area is 187 Å². The number of aromatic nitrogens is 1. The molecule has 0 aliphatic heterocycles. The molecule has 0 radical (unpaired) electrons. The van der Waals surface area contributed by atoms with Gasteiger partial charge in [0.2, 0.25) is 0 Å². The summed E-state index contributed by atoms with van der Waals surface area (Å²) in [6.45, 7) is 0. The molecule has 5 heteroatoms. The molecule has 32 heavy (non-hydrogen) atoms. The van der Waals surface area contributed by atoms with Gasteiger partial charge in [-0.3, -0.25) is 4.72 Å². The Hall–Kier alpha value is -3.83. The summed E-state index contributed by atoms with van der Waals surface area (Å²) in [6.07, 6.45) is 2.07. The van der Waals surface area contributed by atoms with Crippen LogP contribution in [-0.4, -0.2) is 13.0 Å². The molecule has 0 saturated heterocycles. The van der Waals surface area contributed by atoms with Crippen LogP contribution in [0.2, 0.25) is 0 Å². The molecule has 1 aromatic heterocycles. The minimum absolute atomic E-state index is 0.230. The molecule has 0 atom stereocenters. The third-order valence-electron chi connectivity index (χ3n) is 5.60. The molecular formula is C27H22N2O2S. The number of aryl methyl sites for hydroxylation is 1. The van der Waals surface area contributed by atoms with Gasteiger partial charge in [0.15, 0.2) is 0 Å². The Bertz CT molecular complexity index is 1490. The molecule has 1 heterocycles. The van der Waals surface area contributed by atoms with Crippen LogP contribution >= 0.6 is 0 Å². The summed E-state index contributed by atoms with van der Waals surface area (Å²) in [4.78, 5) is 0.230. The Balaban J connectivity index is 1.47. The van der Waals surface area contributed by atoms with E-state index in [1.807, 2.05) is 79.8 Å². The summed E-state index contributed by atoms with van der Waals surface area (Å²) in [7, 11) is -1.72. The van der Waals surface area contributed by atoms with E-state index in [9.17, 15) is 8.42 Å². The minimum Gasteiger partial charge on any atom is -0.350 e. The number of fused-ring (bicyclic) bond motifs is 1. The largest absolute Gasteiger partial charge is 0.350 e. The zero-order valence-corrected chi connectivity index (χ0v) is 18.4. The molecule has 0 unspecified atom stereocenters. The van der Waals surface area contributed by atoms with Crippen molar-refractivity contribution < 1.29 is 8.42 Å². The number of hydrogen-bond donors (Lipinski definition) is 1. The molecule has 0 bridgehead atoms. The van der Waals surface area contributed by atoms with Crippen LogP contribution < -0.4 is 4.72 Å². The van der Waals surface area contributed by atoms with Crippen molar-refractivity contribution in [3.63, 3.8) is 0 Å². The molecule has 4 aromatic carbocycles. The van der Waals surface area contributed by atoms with E-state index < -0.39 is 10.0 Å². The van der Waals surface area contributed by atoms with Crippen molar-refractivity contribution in [1.29, 1.82) is 0 Å². The number of nitrogens with zero attached hydrogens (tertiary/aromatic N) is 1. The van der Waals surface area contributed by atoms with Gasteiger partial charge in [0, 0.05) is 35.4 Å². The topological polar surface area (TPSA) is 51.1 Å². The second-order valence-corrected chi connectivity index (χ2v) is 9.43. The lowest BCUT2D eigenvalue weighted by Crippen LogP contribution is -2.12. The Morgan fingerprint density at radius 3 is 1.94 bits per heavy atom. The van der Waals surface area contributed by atoms with Gasteiger partial charge in [-0.25, -0.2) is 8.42 Å². The highest BCUT2D eigenvalue weighted by atomic mass is 32.2. The van der Waals surface area contributed by atoms with Crippen molar-refractivity contribution >= 4 is 26.6 Å². The van der Waals surface area contributed by atoms with Gasteiger partial charge in [0.25, 0.3) is 10.0 Å². The van der Waals surface area contributed by atoms with Crippen LogP contribution in [0.15, 0.2) is 114 Å². The maximum Gasteiger partial charge on any atom is 0.261 e. The normalized spacial score (nSPS) is 11.5. The van der Waals surface area contributed by atoms with Crippen LogP contribution in [-0.2, 0) is 17.1 Å². The SMILES string of the molecule is Cn1cc(-c2ccccc2)c2cc(NS(=O)(=O)c3ccc(-c4ccccc4)cc3)ccc21. The van der Waals surface area contributed by atoms with Gasteiger partial charge >= 0.3 is 0 Å². The third-order valence-corrected chi connectivity index (χ3v) is 7.00. The van der Waals surface area contributed by atoms with Crippen molar-refractivity contribution in [2.75, 3.05) is 4.72 Å². The van der Waals surface area contributed by atoms with Crippen LogP contribution in [0, 0.1) is 0 Å². The predicted octanol–water partition coefficient (Wildman–Crippen LogP) is 6.31. The predicted molar refractivity (Wildman–Crippen MR) is 131 cm³/mol. The summed E-state index contributed by atoms with van der Waals surface area (Å²) in [5.74, 6) is 0. The van der Waals surface area contributed by atoms with E-state index in [-0.39, 0.29) is 4.90 Å². The smallest absolute Gasteiger partial charge is 0.261 e. The first-order valence-electron chi connectivity index (χ1n) is 10.3. The molecule has 158 valence electrons. The second kappa shape index (κ2) is 8.02. The van der Waals surface area contributed by atoms with Gasteiger partial charge in [-0.15, -0.1) is 0 Å². The van der Waals surface area contributed by atoms with Gasteiger partial charge in [-0.05, 0) is 47.0 Å². The van der Waals surface area contributed by atoms with Crippen LogP contribution in [0.3, 0.4) is 0 Å². The summed E-state index contributed by atoms with van der Waals surface area (Å²) < 4.78 is 30.8. The van der Waals surface area contributed by atoms with Crippen LogP contribution in [0.4, 0.5) is 5.69 Å². The molecule has 0 saturated carbocycles. The Morgan fingerprint density at radius 1 is 0.688 bits per heavy atom. The lowest BCUT2D eigenvalue weighted by atomic mass is 10.0. The summed E-state index contributed by atoms with van der Waals surface area (Å²) in [5, 5.41) is 0.998. The fourth-order valence-corrected chi connectivity index (χ4v) is 5.02. The summed E-state index contributed by atoms with van der Waals surface area (Å²) >= 11 is 0. The fourth-order valence-electron chi connectivity index (χ4n) is 3.97. The van der Waals surface area contributed by atoms with Crippen molar-refractivity contribution in [3.05, 3.63) is 109 Å². The fraction of sp³-hybridized carbons (Fsp3) is 0.0370. The van der Waals surface area contributed by atoms with Crippen molar-refractivity contribution in [2.24, 2.45) is 7.05 Å². The monoisotopic (exact) mass is 438 g/mol. The highest BCUT2D eigenvalue weighted by Crippen LogP contribution is 2.32. The zero-order valence-electron chi connectivity index (χ0n) is 17.6. The first-order chi connectivity index (χ1) is 15.5. The van der Waals surface area contributed by atoms with E-state index in [0.29, 0.717) is 5.69 Å². The van der Waals surface area contributed by atoms with E-state index in [0.717, 1.165) is 33.2 Å². The van der Waals surface area contributed by atoms with Crippen LogP contribution in [0.5, 0.6) is 0 Å². The van der Waals surface area contributed by atoms with E-state index >= 15 is 0 Å². The third kappa shape index (κ3) is 3.79. The van der Waals surface area contributed by atoms with Crippen molar-refractivity contribution in [3.8, 4) is 22.3 Å². The van der Waals surface area contributed by atoms with E-state index in [1.54, 1.807) is 18.2 Å². The Kier molecular flexibility index (Phi) is 5.04. The first kappa shape index (κ1) is 20.1. The molecule has 5 aromatic rings. The number of hydrogen-bond acceptors (Lipinski definition) is 2.